The highest BCUT2D eigenvalue weighted by Gasteiger charge is 2.19. The van der Waals surface area contributed by atoms with E-state index < -0.39 is 48.7 Å². The Bertz CT molecular complexity index is 1300. The molecule has 4 atom stereocenters. The zero-order valence-corrected chi connectivity index (χ0v) is 45.4. The van der Waals surface area contributed by atoms with Crippen molar-refractivity contribution in [3.8, 4) is 0 Å². The number of hydrogen-bond acceptors (Lipinski definition) is 17. The van der Waals surface area contributed by atoms with Gasteiger partial charge in [0, 0.05) is 45.1 Å². The molecule has 0 fully saturated rings. The van der Waals surface area contributed by atoms with Gasteiger partial charge in [-0.15, -0.1) is 0 Å². The molecule has 0 aromatic heterocycles. The van der Waals surface area contributed by atoms with Crippen molar-refractivity contribution in [2.24, 2.45) is 5.92 Å². The molecule has 4 unspecified atom stereocenters. The summed E-state index contributed by atoms with van der Waals surface area (Å²) in [4.78, 5) is 62.4. The summed E-state index contributed by atoms with van der Waals surface area (Å²) in [5.41, 5.74) is 0. The van der Waals surface area contributed by atoms with Crippen molar-refractivity contribution in [2.75, 3.05) is 93.7 Å². The van der Waals surface area contributed by atoms with Crippen molar-refractivity contribution in [2.45, 2.75) is 166 Å². The van der Waals surface area contributed by atoms with E-state index in [2.05, 4.69) is 43.6 Å². The molecular weight excluding hydrogens is 957 g/mol. The van der Waals surface area contributed by atoms with Crippen molar-refractivity contribution in [1.82, 2.24) is 20.9 Å². The molecule has 0 rings (SSSR count). The van der Waals surface area contributed by atoms with Crippen LogP contribution in [0.2, 0.25) is 0 Å². The molecule has 400 valence electrons. The fraction of sp³-hybridized carbons (Fsp3) is 0.894. The lowest BCUT2D eigenvalue weighted by atomic mass is 10.2. The van der Waals surface area contributed by atoms with E-state index in [1.807, 2.05) is 13.8 Å². The van der Waals surface area contributed by atoms with Gasteiger partial charge in [-0.25, -0.2) is 14.4 Å². The second kappa shape index (κ2) is 44.9. The van der Waals surface area contributed by atoms with Crippen LogP contribution in [0, 0.1) is 5.92 Å². The number of esters is 1. The van der Waals surface area contributed by atoms with Crippen molar-refractivity contribution in [1.29, 1.82) is 0 Å². The molecule has 0 aliphatic carbocycles. The second-order valence-electron chi connectivity index (χ2n) is 17.5. The van der Waals surface area contributed by atoms with Gasteiger partial charge in [0.25, 0.3) is 0 Å². The van der Waals surface area contributed by atoms with Crippen LogP contribution in [0.5, 0.6) is 0 Å². The first kappa shape index (κ1) is 66.0. The number of aliphatic hydroxyl groups excluding tert-OH is 4. The van der Waals surface area contributed by atoms with Crippen LogP contribution in [0.1, 0.15) is 131 Å². The van der Waals surface area contributed by atoms with Crippen molar-refractivity contribution >= 4 is 77.2 Å². The Labute approximate surface area is 425 Å². The maximum absolute atomic E-state index is 13.0. The summed E-state index contributed by atoms with van der Waals surface area (Å²) >= 11 is 6.95. The smallest absolute Gasteiger partial charge is 0.409 e. The number of amides is 4. The quantitative estimate of drug-likeness (QED) is 0.0188. The highest BCUT2D eigenvalue weighted by molar-refractivity contribution is 8.00. The van der Waals surface area contributed by atoms with Gasteiger partial charge in [-0.1, -0.05) is 67.2 Å². The third-order valence-electron chi connectivity index (χ3n) is 9.89. The Morgan fingerprint density at radius 1 is 0.471 bits per heavy atom. The molecule has 0 heterocycles. The highest BCUT2D eigenvalue weighted by atomic mass is 32.2. The number of alkyl carbamates (subject to hydrolysis) is 2. The zero-order chi connectivity index (χ0) is 50.8. The van der Waals surface area contributed by atoms with E-state index in [1.165, 1.54) is 4.90 Å². The van der Waals surface area contributed by atoms with Crippen LogP contribution in [0.15, 0.2) is 0 Å². The minimum Gasteiger partial charge on any atom is -0.463 e. The van der Waals surface area contributed by atoms with Gasteiger partial charge >= 0.3 is 24.2 Å². The predicted octanol–water partition coefficient (Wildman–Crippen LogP) is 6.85. The maximum atomic E-state index is 13.0. The van der Waals surface area contributed by atoms with Crippen LogP contribution >= 0.6 is 47.0 Å². The minimum absolute atomic E-state index is 0.00729. The molecule has 68 heavy (non-hydrogen) atoms. The monoisotopic (exact) mass is 1050 g/mol. The molecule has 0 saturated heterocycles. The van der Waals surface area contributed by atoms with Gasteiger partial charge in [0.1, 0.15) is 26.4 Å². The number of thioether (sulfide) groups is 4. The third-order valence-corrected chi connectivity index (χ3v) is 14.4. The molecule has 4 amide bonds. The molecule has 21 heteroatoms. The molecule has 0 aliphatic rings. The van der Waals surface area contributed by atoms with E-state index in [0.717, 1.165) is 85.9 Å². The molecular formula is C47H90N4O13S4. The first-order valence-corrected chi connectivity index (χ1v) is 29.2. The summed E-state index contributed by atoms with van der Waals surface area (Å²) < 4.78 is 20.9. The van der Waals surface area contributed by atoms with Gasteiger partial charge in [-0.3, -0.25) is 9.59 Å². The maximum Gasteiger partial charge on any atom is 0.409 e. The highest BCUT2D eigenvalue weighted by Crippen LogP contribution is 2.15. The Hall–Kier alpha value is -2.01. The van der Waals surface area contributed by atoms with Crippen LogP contribution < -0.4 is 16.0 Å². The number of nitrogens with one attached hydrogen (secondary N) is 3. The van der Waals surface area contributed by atoms with Crippen molar-refractivity contribution in [3.63, 3.8) is 0 Å². The van der Waals surface area contributed by atoms with Gasteiger partial charge in [-0.05, 0) is 103 Å². The van der Waals surface area contributed by atoms with Crippen LogP contribution in [0.25, 0.3) is 0 Å². The number of ether oxygens (including phenoxy) is 4. The predicted molar refractivity (Wildman–Crippen MR) is 279 cm³/mol. The molecule has 0 aliphatic heterocycles. The Morgan fingerprint density at radius 3 is 1.38 bits per heavy atom. The molecule has 0 saturated carbocycles. The summed E-state index contributed by atoms with van der Waals surface area (Å²) in [7, 11) is 0. The summed E-state index contributed by atoms with van der Waals surface area (Å²) in [6, 6.07) is 0. The van der Waals surface area contributed by atoms with Gasteiger partial charge in [0.15, 0.2) is 0 Å². The lowest BCUT2D eigenvalue weighted by Gasteiger charge is -2.23. The van der Waals surface area contributed by atoms with Gasteiger partial charge in [0.05, 0.1) is 24.4 Å². The van der Waals surface area contributed by atoms with Crippen LogP contribution in [0.4, 0.5) is 14.4 Å². The van der Waals surface area contributed by atoms with Crippen LogP contribution in [-0.4, -0.2) is 184 Å². The lowest BCUT2D eigenvalue weighted by molar-refractivity contribution is -0.146. The molecule has 0 bridgehead atoms. The second-order valence-corrected chi connectivity index (χ2v) is 23.3. The summed E-state index contributed by atoms with van der Waals surface area (Å²) in [6.07, 6.45) is 5.29. The van der Waals surface area contributed by atoms with Crippen LogP contribution in [-0.2, 0) is 28.5 Å². The fourth-order valence-corrected chi connectivity index (χ4v) is 9.66. The molecule has 7 N–H and O–H groups in total. The number of carbonyl (C=O) groups excluding carboxylic acids is 5. The van der Waals surface area contributed by atoms with E-state index in [9.17, 15) is 44.4 Å². The minimum atomic E-state index is -0.821. The molecule has 0 spiro atoms. The molecule has 17 nitrogen and oxygen atoms in total. The van der Waals surface area contributed by atoms with E-state index in [1.54, 1.807) is 47.0 Å². The zero-order valence-electron chi connectivity index (χ0n) is 42.1. The standard InChI is InChI=1S/C47H90N4O13S4/c1-36(2)44(57)48-21-11-7-8-12-22-49-45(58)62-33-39(52)17-28-65-26-13-9-10-14-27-66-29-18-40(53)34-63-46(59)50-23-25-51(47(60)64-35-42(55)20-31-68-38(5)6)24-15-16-43(56)61-32-41(54)19-30-67-37(3)4/h36-42,52-55H,7-35H2,1-6H3,(H,48,57)(H,49,58)(H,50,59). The summed E-state index contributed by atoms with van der Waals surface area (Å²) in [5.74, 6) is 4.54. The van der Waals surface area contributed by atoms with Crippen LogP contribution in [0.3, 0.4) is 0 Å². The Morgan fingerprint density at radius 2 is 0.897 bits per heavy atom. The fourth-order valence-electron chi connectivity index (χ4n) is 5.79. The number of hydrogen-bond donors (Lipinski definition) is 7. The first-order chi connectivity index (χ1) is 32.5. The Kier molecular flexibility index (Phi) is 43.6. The normalized spacial score (nSPS) is 13.2. The average molecular weight is 1050 g/mol. The molecule has 0 aromatic carbocycles. The van der Waals surface area contributed by atoms with E-state index in [-0.39, 0.29) is 70.7 Å². The third kappa shape index (κ3) is 44.0. The molecule has 0 radical (unpaired) electrons. The SMILES string of the molecule is CC(C)SCCC(O)COC(=O)CCCN(CCNC(=O)OCC(O)CCSCCCCCCSCCC(O)COC(=O)NCCCCCCNC(=O)C(C)C)C(=O)OCC(O)CCSC(C)C. The number of rotatable bonds is 44. The largest absolute Gasteiger partial charge is 0.463 e. The first-order valence-electron chi connectivity index (χ1n) is 24.8. The van der Waals surface area contributed by atoms with Crippen molar-refractivity contribution < 1.29 is 63.3 Å². The van der Waals surface area contributed by atoms with E-state index in [4.69, 9.17) is 18.9 Å². The van der Waals surface area contributed by atoms with E-state index >= 15 is 0 Å². The van der Waals surface area contributed by atoms with Gasteiger partial charge < -0.3 is 60.2 Å². The van der Waals surface area contributed by atoms with Crippen molar-refractivity contribution in [3.05, 3.63) is 0 Å². The lowest BCUT2D eigenvalue weighted by Crippen LogP contribution is -2.41. The Balaban J connectivity index is 4.13. The van der Waals surface area contributed by atoms with Gasteiger partial charge in [-0.2, -0.15) is 47.0 Å². The van der Waals surface area contributed by atoms with E-state index in [0.29, 0.717) is 49.3 Å². The number of carbonyl (C=O) groups is 5. The van der Waals surface area contributed by atoms with Gasteiger partial charge in [0.2, 0.25) is 5.91 Å². The topological polar surface area (TPSA) is 243 Å². The number of nitrogens with zero attached hydrogens (tertiary/aromatic N) is 1. The summed E-state index contributed by atoms with van der Waals surface area (Å²) in [5, 5.41) is 50.0. The number of unbranched alkanes of at least 4 members (excludes halogenated alkanes) is 6. The summed E-state index contributed by atoms with van der Waals surface area (Å²) in [6.45, 7) is 13.0. The molecule has 0 aromatic rings. The average Bonchev–Trinajstić information content (AvgIpc) is 3.28. The number of aliphatic hydroxyl groups is 4.